The van der Waals surface area contributed by atoms with Crippen LogP contribution in [0.25, 0.3) is 0 Å². The first-order valence-electron chi connectivity index (χ1n) is 6.05. The van der Waals surface area contributed by atoms with Crippen LogP contribution >= 0.6 is 0 Å². The van der Waals surface area contributed by atoms with Crippen molar-refractivity contribution >= 4 is 11.7 Å². The van der Waals surface area contributed by atoms with Crippen molar-refractivity contribution in [1.29, 1.82) is 0 Å². The molecule has 21 heavy (non-hydrogen) atoms. The van der Waals surface area contributed by atoms with Gasteiger partial charge in [-0.05, 0) is 24.6 Å². The summed E-state index contributed by atoms with van der Waals surface area (Å²) in [6.45, 7) is 1.88. The molecular formula is C12H17N5O4. The molecule has 3 N–H and O–H groups in total. The zero-order valence-corrected chi connectivity index (χ0v) is 12.0. The van der Waals surface area contributed by atoms with Gasteiger partial charge in [0.25, 0.3) is 5.96 Å². The highest BCUT2D eigenvalue weighted by Gasteiger charge is 2.08. The molecule has 1 aromatic rings. The third kappa shape index (κ3) is 4.64. The fourth-order valence-electron chi connectivity index (χ4n) is 1.58. The van der Waals surface area contributed by atoms with Crippen LogP contribution in [0.15, 0.2) is 28.4 Å². The molecule has 9 nitrogen and oxygen atoms in total. The van der Waals surface area contributed by atoms with Crippen LogP contribution in [0, 0.1) is 10.1 Å². The Morgan fingerprint density at radius 1 is 1.33 bits per heavy atom. The predicted molar refractivity (Wildman–Crippen MR) is 78.1 cm³/mol. The summed E-state index contributed by atoms with van der Waals surface area (Å²) in [5.41, 5.74) is 8.37. The second kappa shape index (κ2) is 7.68. The average Bonchev–Trinajstić information content (AvgIpc) is 2.46. The molecule has 0 saturated carbocycles. The Kier molecular flexibility index (Phi) is 5.93. The molecule has 0 aliphatic carbocycles. The zero-order valence-electron chi connectivity index (χ0n) is 12.0. The summed E-state index contributed by atoms with van der Waals surface area (Å²) in [4.78, 5) is 10.2. The van der Waals surface area contributed by atoms with E-state index in [2.05, 4.69) is 10.2 Å². The van der Waals surface area contributed by atoms with Gasteiger partial charge >= 0.3 is 0 Å². The maximum Gasteiger partial charge on any atom is 0.275 e. The Hall–Kier alpha value is -2.84. The number of benzene rings is 1. The first-order chi connectivity index (χ1) is 10.0. The highest BCUT2D eigenvalue weighted by Crippen LogP contribution is 2.28. The van der Waals surface area contributed by atoms with Crippen molar-refractivity contribution in [2.45, 2.75) is 13.3 Å². The van der Waals surface area contributed by atoms with Crippen LogP contribution in [0.4, 0.5) is 0 Å². The fourth-order valence-corrected chi connectivity index (χ4v) is 1.58. The molecule has 9 heteroatoms. The van der Waals surface area contributed by atoms with Gasteiger partial charge in [-0.25, -0.2) is 10.1 Å². The van der Waals surface area contributed by atoms with E-state index in [9.17, 15) is 10.1 Å². The Labute approximate surface area is 121 Å². The van der Waals surface area contributed by atoms with Crippen LogP contribution in [-0.4, -0.2) is 30.9 Å². The summed E-state index contributed by atoms with van der Waals surface area (Å²) in [5.74, 6) is 0.748. The highest BCUT2D eigenvalue weighted by atomic mass is 16.7. The molecular weight excluding hydrogens is 278 g/mol. The molecule has 0 aromatic heterocycles. The first kappa shape index (κ1) is 16.2. The second-order valence-electron chi connectivity index (χ2n) is 3.82. The van der Waals surface area contributed by atoms with Crippen LogP contribution in [0.2, 0.25) is 0 Å². The largest absolute Gasteiger partial charge is 0.493 e. The lowest BCUT2D eigenvalue weighted by molar-refractivity contribution is -0.525. The quantitative estimate of drug-likeness (QED) is 0.348. The number of ether oxygens (including phenoxy) is 2. The fraction of sp³-hybridized carbons (Fsp3) is 0.333. The summed E-state index contributed by atoms with van der Waals surface area (Å²) < 4.78 is 10.4. The second-order valence-corrected chi connectivity index (χ2v) is 3.82. The van der Waals surface area contributed by atoms with Crippen molar-refractivity contribution in [1.82, 2.24) is 5.43 Å². The van der Waals surface area contributed by atoms with E-state index in [-0.39, 0.29) is 0 Å². The van der Waals surface area contributed by atoms with Gasteiger partial charge in [-0.3, -0.25) is 0 Å². The Bertz CT molecular complexity index is 571. The zero-order chi connectivity index (χ0) is 15.8. The summed E-state index contributed by atoms with van der Waals surface area (Å²) in [7, 11) is 3.07. The lowest BCUT2D eigenvalue weighted by Crippen LogP contribution is -2.35. The van der Waals surface area contributed by atoms with Gasteiger partial charge in [-0.1, -0.05) is 12.3 Å². The van der Waals surface area contributed by atoms with Gasteiger partial charge in [0.2, 0.25) is 0 Å². The standard InChI is InChI=1S/C12H17N5O4/c1-4-9(14-15-12(13)16-17(18)19)8-5-6-10(20-2)11(7-8)21-3/h5-7H,4H2,1-3H3,(H3,13,15,16). The smallest absolute Gasteiger partial charge is 0.275 e. The molecule has 0 spiro atoms. The average molecular weight is 295 g/mol. The Morgan fingerprint density at radius 2 is 2.00 bits per heavy atom. The normalized spacial score (nSPS) is 12.0. The van der Waals surface area contributed by atoms with E-state index in [1.807, 2.05) is 6.92 Å². The minimum atomic E-state index is -0.809. The van der Waals surface area contributed by atoms with Gasteiger partial charge < -0.3 is 15.2 Å². The number of nitrogens with zero attached hydrogens (tertiary/aromatic N) is 3. The molecule has 0 fully saturated rings. The Balaban J connectivity index is 3.07. The van der Waals surface area contributed by atoms with Crippen molar-refractivity contribution in [3.63, 3.8) is 0 Å². The van der Waals surface area contributed by atoms with E-state index < -0.39 is 11.0 Å². The molecule has 0 saturated heterocycles. The van der Waals surface area contributed by atoms with Crippen molar-refractivity contribution in [2.24, 2.45) is 15.9 Å². The monoisotopic (exact) mass is 295 g/mol. The number of rotatable bonds is 6. The summed E-state index contributed by atoms with van der Waals surface area (Å²) >= 11 is 0. The Morgan fingerprint density at radius 3 is 2.52 bits per heavy atom. The van der Waals surface area contributed by atoms with Crippen LogP contribution in [0.3, 0.4) is 0 Å². The molecule has 114 valence electrons. The number of nitrogens with one attached hydrogen (secondary N) is 1. The van der Waals surface area contributed by atoms with E-state index in [0.29, 0.717) is 23.6 Å². The molecule has 0 bridgehead atoms. The minimum Gasteiger partial charge on any atom is -0.493 e. The van der Waals surface area contributed by atoms with Crippen LogP contribution in [-0.2, 0) is 0 Å². The van der Waals surface area contributed by atoms with Crippen molar-refractivity contribution in [3.8, 4) is 11.5 Å². The number of nitro groups is 1. The van der Waals surface area contributed by atoms with E-state index in [0.717, 1.165) is 5.56 Å². The molecule has 0 unspecified atom stereocenters. The van der Waals surface area contributed by atoms with Gasteiger partial charge in [-0.2, -0.15) is 5.10 Å². The topological polar surface area (TPSA) is 124 Å². The number of guanidine groups is 1. The lowest BCUT2D eigenvalue weighted by atomic mass is 10.1. The molecule has 0 amide bonds. The molecule has 0 aliphatic heterocycles. The predicted octanol–water partition coefficient (Wildman–Crippen LogP) is 0.914. The SMILES string of the molecule is CCC(=NN=C(N)N[N+](=O)[O-])c1ccc(OC)c(OC)c1. The van der Waals surface area contributed by atoms with E-state index in [4.69, 9.17) is 15.2 Å². The first-order valence-corrected chi connectivity index (χ1v) is 6.05. The third-order valence-electron chi connectivity index (χ3n) is 2.54. The molecule has 0 aliphatic rings. The van der Waals surface area contributed by atoms with Crippen LogP contribution < -0.4 is 20.6 Å². The highest BCUT2D eigenvalue weighted by molar-refractivity contribution is 6.01. The maximum absolute atomic E-state index is 10.2. The van der Waals surface area contributed by atoms with E-state index in [1.165, 1.54) is 7.11 Å². The van der Waals surface area contributed by atoms with Crippen LogP contribution in [0.5, 0.6) is 11.5 Å². The number of hydrogen-bond donors (Lipinski definition) is 2. The number of hydrazine groups is 1. The summed E-state index contributed by atoms with van der Waals surface area (Å²) in [6.07, 6.45) is 0.560. The number of methoxy groups -OCH3 is 2. The molecule has 1 aromatic carbocycles. The van der Waals surface area contributed by atoms with Gasteiger partial charge in [0.05, 0.1) is 19.9 Å². The molecule has 0 radical (unpaired) electrons. The maximum atomic E-state index is 10.2. The van der Waals surface area contributed by atoms with Crippen molar-refractivity contribution < 1.29 is 14.5 Å². The van der Waals surface area contributed by atoms with E-state index >= 15 is 0 Å². The summed E-state index contributed by atoms with van der Waals surface area (Å²) in [6, 6.07) is 5.27. The summed E-state index contributed by atoms with van der Waals surface area (Å²) in [5, 5.41) is 16.9. The van der Waals surface area contributed by atoms with Crippen molar-refractivity contribution in [2.75, 3.05) is 14.2 Å². The lowest BCUT2D eigenvalue weighted by Gasteiger charge is -2.09. The van der Waals surface area contributed by atoms with E-state index in [1.54, 1.807) is 30.7 Å². The molecule has 1 rings (SSSR count). The minimum absolute atomic E-state index is 0.397. The molecule has 0 atom stereocenters. The third-order valence-corrected chi connectivity index (χ3v) is 2.54. The number of hydrogen-bond acceptors (Lipinski definition) is 6. The number of nitrogens with two attached hydrogens (primary N) is 1. The van der Waals surface area contributed by atoms with Gasteiger partial charge in [-0.15, -0.1) is 5.10 Å². The molecule has 0 heterocycles. The van der Waals surface area contributed by atoms with Gasteiger partial charge in [0, 0.05) is 5.56 Å². The van der Waals surface area contributed by atoms with Gasteiger partial charge in [0.15, 0.2) is 16.5 Å². The van der Waals surface area contributed by atoms with Crippen LogP contribution in [0.1, 0.15) is 18.9 Å². The van der Waals surface area contributed by atoms with Gasteiger partial charge in [0.1, 0.15) is 0 Å². The van der Waals surface area contributed by atoms with Crippen molar-refractivity contribution in [3.05, 3.63) is 33.9 Å².